The van der Waals surface area contributed by atoms with Crippen molar-refractivity contribution in [2.24, 2.45) is 11.3 Å². The minimum absolute atomic E-state index is 0.132. The summed E-state index contributed by atoms with van der Waals surface area (Å²) in [5.41, 5.74) is -0.806. The summed E-state index contributed by atoms with van der Waals surface area (Å²) in [7, 11) is 1.98. The number of hydrogen-bond acceptors (Lipinski definition) is 4. The zero-order valence-electron chi connectivity index (χ0n) is 20.2. The molecule has 0 spiro atoms. The third kappa shape index (κ3) is 5.82. The van der Waals surface area contributed by atoms with Gasteiger partial charge in [-0.25, -0.2) is 9.78 Å². The number of aromatic nitrogens is 3. The van der Waals surface area contributed by atoms with Gasteiger partial charge in [-0.15, -0.1) is 11.6 Å². The summed E-state index contributed by atoms with van der Waals surface area (Å²) in [6, 6.07) is 0.245. The van der Waals surface area contributed by atoms with E-state index in [2.05, 4.69) is 39.8 Å². The molecule has 1 aliphatic carbocycles. The van der Waals surface area contributed by atoms with Crippen LogP contribution in [-0.4, -0.2) is 44.5 Å². The summed E-state index contributed by atoms with van der Waals surface area (Å²) < 4.78 is 40.2. The van der Waals surface area contributed by atoms with E-state index in [1.807, 2.05) is 19.3 Å². The highest BCUT2D eigenvalue weighted by Crippen LogP contribution is 2.44. The molecule has 2 heterocycles. The SMILES string of the molecule is CCC[C@@H](C)C1C=CC(c2nc(C3=CC(CC(C)(C)C(F)(F)F)=CCC3Cl)nc(=O)[nH]2)=CN1C. The molecule has 0 bridgehead atoms. The van der Waals surface area contributed by atoms with Crippen LogP contribution in [0.4, 0.5) is 13.2 Å². The lowest BCUT2D eigenvalue weighted by molar-refractivity contribution is -0.210. The van der Waals surface area contributed by atoms with Crippen molar-refractivity contribution < 1.29 is 13.2 Å². The number of H-pyrrole nitrogens is 1. The van der Waals surface area contributed by atoms with Gasteiger partial charge < -0.3 is 4.90 Å². The van der Waals surface area contributed by atoms with Crippen LogP contribution in [0.2, 0.25) is 0 Å². The predicted molar refractivity (Wildman–Crippen MR) is 130 cm³/mol. The smallest absolute Gasteiger partial charge is 0.373 e. The first-order chi connectivity index (χ1) is 15.8. The Balaban J connectivity index is 1.91. The summed E-state index contributed by atoms with van der Waals surface area (Å²) in [5, 5.41) is -0.537. The minimum Gasteiger partial charge on any atom is -0.373 e. The zero-order valence-corrected chi connectivity index (χ0v) is 21.0. The Kier molecular flexibility index (Phi) is 7.80. The molecule has 1 aromatic rings. The van der Waals surface area contributed by atoms with Gasteiger partial charge in [0, 0.05) is 30.4 Å². The topological polar surface area (TPSA) is 61.9 Å². The molecule has 1 aliphatic heterocycles. The second kappa shape index (κ2) is 10.1. The zero-order chi connectivity index (χ0) is 25.3. The molecular weight excluding hydrogens is 465 g/mol. The number of aromatic amines is 1. The fourth-order valence-corrected chi connectivity index (χ4v) is 4.61. The highest BCUT2D eigenvalue weighted by Gasteiger charge is 2.47. The first kappa shape index (κ1) is 26.3. The molecule has 0 saturated heterocycles. The van der Waals surface area contributed by atoms with Gasteiger partial charge in [-0.3, -0.25) is 4.98 Å². The van der Waals surface area contributed by atoms with Gasteiger partial charge in [0.25, 0.3) is 0 Å². The van der Waals surface area contributed by atoms with Crippen molar-refractivity contribution in [2.45, 2.75) is 71.0 Å². The fraction of sp³-hybridized carbons (Fsp3) is 0.560. The van der Waals surface area contributed by atoms with Crippen LogP contribution in [0, 0.1) is 11.3 Å². The number of likely N-dealkylation sites (N-methyl/N-ethyl adjacent to an activating group) is 1. The van der Waals surface area contributed by atoms with Crippen LogP contribution in [-0.2, 0) is 0 Å². The summed E-state index contributed by atoms with van der Waals surface area (Å²) in [6.07, 6.45) is 7.26. The van der Waals surface area contributed by atoms with E-state index in [4.69, 9.17) is 11.6 Å². The van der Waals surface area contributed by atoms with Crippen LogP contribution < -0.4 is 5.69 Å². The second-order valence-electron chi connectivity index (χ2n) is 9.83. The van der Waals surface area contributed by atoms with Gasteiger partial charge in [0.2, 0.25) is 0 Å². The summed E-state index contributed by atoms with van der Waals surface area (Å²) >= 11 is 6.48. The Morgan fingerprint density at radius 1 is 1.29 bits per heavy atom. The largest absolute Gasteiger partial charge is 0.394 e. The fourth-order valence-electron chi connectivity index (χ4n) is 4.36. The maximum Gasteiger partial charge on any atom is 0.394 e. The Morgan fingerprint density at radius 3 is 2.62 bits per heavy atom. The maximum absolute atomic E-state index is 13.4. The van der Waals surface area contributed by atoms with E-state index in [1.54, 1.807) is 12.2 Å². The van der Waals surface area contributed by atoms with Gasteiger partial charge in [-0.1, -0.05) is 64.0 Å². The van der Waals surface area contributed by atoms with Crippen molar-refractivity contribution in [3.05, 3.63) is 58.2 Å². The number of rotatable bonds is 7. The molecule has 0 aromatic carbocycles. The summed E-state index contributed by atoms with van der Waals surface area (Å²) in [6.45, 7) is 6.71. The van der Waals surface area contributed by atoms with Gasteiger partial charge in [0.1, 0.15) is 5.82 Å². The van der Waals surface area contributed by atoms with Gasteiger partial charge in [0.05, 0.1) is 10.8 Å². The van der Waals surface area contributed by atoms with E-state index in [0.717, 1.165) is 18.4 Å². The first-order valence-electron chi connectivity index (χ1n) is 11.5. The maximum atomic E-state index is 13.4. The quantitative estimate of drug-likeness (QED) is 0.462. The average Bonchev–Trinajstić information content (AvgIpc) is 2.73. The molecule has 0 fully saturated rings. The molecule has 3 rings (SSSR count). The molecule has 0 saturated carbocycles. The molecule has 1 aromatic heterocycles. The molecule has 5 nitrogen and oxygen atoms in total. The van der Waals surface area contributed by atoms with Crippen molar-refractivity contribution in [3.63, 3.8) is 0 Å². The van der Waals surface area contributed by atoms with Crippen LogP contribution in [0.5, 0.6) is 0 Å². The van der Waals surface area contributed by atoms with Crippen LogP contribution in [0.1, 0.15) is 65.0 Å². The highest BCUT2D eigenvalue weighted by molar-refractivity contribution is 6.26. The summed E-state index contributed by atoms with van der Waals surface area (Å²) in [5.74, 6) is 0.948. The lowest BCUT2D eigenvalue weighted by Crippen LogP contribution is -2.33. The standard InChI is InChI=1S/C25H32ClF3N4O/c1-6-7-15(2)20-11-9-17(14-33(20)5)21-30-22(32-23(34)31-21)18-12-16(8-10-19(18)26)13-24(3,4)25(27,28)29/h8-9,11-12,14-15,19-20H,6-7,10,13H2,1-5H3,(H,30,31,32,34)/t15-,19?,20?/m1/s1. The molecule has 34 heavy (non-hydrogen) atoms. The number of nitrogens with zero attached hydrogens (tertiary/aromatic N) is 3. The van der Waals surface area contributed by atoms with Crippen molar-refractivity contribution in [1.29, 1.82) is 0 Å². The van der Waals surface area contributed by atoms with Crippen molar-refractivity contribution in [2.75, 3.05) is 7.05 Å². The molecule has 9 heteroatoms. The lowest BCUT2D eigenvalue weighted by atomic mass is 9.82. The van der Waals surface area contributed by atoms with E-state index in [0.29, 0.717) is 29.3 Å². The molecular formula is C25H32ClF3N4O. The third-order valence-electron chi connectivity index (χ3n) is 6.47. The molecule has 2 unspecified atom stereocenters. The number of alkyl halides is 4. The molecule has 3 atom stereocenters. The Labute approximate surface area is 203 Å². The number of allylic oxidation sites excluding steroid dienone is 6. The normalized spacial score (nSPS) is 22.3. The van der Waals surface area contributed by atoms with E-state index >= 15 is 0 Å². The van der Waals surface area contributed by atoms with Crippen LogP contribution >= 0.6 is 11.6 Å². The first-order valence-corrected chi connectivity index (χ1v) is 12.0. The number of hydrogen-bond donors (Lipinski definition) is 1. The lowest BCUT2D eigenvalue weighted by Gasteiger charge is -2.32. The van der Waals surface area contributed by atoms with Crippen molar-refractivity contribution in [1.82, 2.24) is 19.9 Å². The van der Waals surface area contributed by atoms with Crippen LogP contribution in [0.15, 0.2) is 40.9 Å². The van der Waals surface area contributed by atoms with Crippen LogP contribution in [0.25, 0.3) is 11.1 Å². The molecule has 0 amide bonds. The molecule has 2 aliphatic rings. The van der Waals surface area contributed by atoms with Gasteiger partial charge in [0.15, 0.2) is 5.82 Å². The Morgan fingerprint density at radius 2 is 2.00 bits per heavy atom. The monoisotopic (exact) mass is 496 g/mol. The second-order valence-corrected chi connectivity index (χ2v) is 10.4. The van der Waals surface area contributed by atoms with Crippen molar-refractivity contribution in [3.8, 4) is 0 Å². The van der Waals surface area contributed by atoms with Gasteiger partial charge in [-0.2, -0.15) is 18.2 Å². The van der Waals surface area contributed by atoms with Crippen molar-refractivity contribution >= 4 is 22.7 Å². The summed E-state index contributed by atoms with van der Waals surface area (Å²) in [4.78, 5) is 25.7. The number of halogens is 4. The number of nitrogens with one attached hydrogen (secondary N) is 1. The highest BCUT2D eigenvalue weighted by atomic mass is 35.5. The molecule has 186 valence electrons. The van der Waals surface area contributed by atoms with Crippen LogP contribution in [0.3, 0.4) is 0 Å². The Hall–Kier alpha value is -2.35. The van der Waals surface area contributed by atoms with E-state index < -0.39 is 22.7 Å². The molecule has 0 radical (unpaired) electrons. The minimum atomic E-state index is -4.34. The molecule has 1 N–H and O–H groups in total. The van der Waals surface area contributed by atoms with E-state index in [1.165, 1.54) is 13.8 Å². The van der Waals surface area contributed by atoms with E-state index in [9.17, 15) is 18.0 Å². The average molecular weight is 497 g/mol. The van der Waals surface area contributed by atoms with Gasteiger partial charge >= 0.3 is 11.9 Å². The Bertz CT molecular complexity index is 1080. The van der Waals surface area contributed by atoms with Gasteiger partial charge in [-0.05, 0) is 25.2 Å². The predicted octanol–water partition coefficient (Wildman–Crippen LogP) is 6.11. The van der Waals surface area contributed by atoms with E-state index in [-0.39, 0.29) is 18.3 Å². The third-order valence-corrected chi connectivity index (χ3v) is 6.89.